The number of hydrogen-bond donors (Lipinski definition) is 1. The topological polar surface area (TPSA) is 109 Å². The fraction of sp³-hybridized carbons (Fsp3) is 0.381. The summed E-state index contributed by atoms with van der Waals surface area (Å²) >= 11 is 0. The molecule has 0 saturated carbocycles. The standard InChI is InChI=1S/C21H24N4O5S/c26-20-2-1-7-25(20)18-12-16(13-22-15-18)14-23-21(27)17-3-5-19(6-4-17)31(28,29)24-8-10-30-11-9-24/h3-6,12-13,15H,1-2,7-11,14H2,(H,23,27). The first kappa shape index (κ1) is 21.4. The van der Waals surface area contributed by atoms with Gasteiger partial charge in [-0.15, -0.1) is 0 Å². The Bertz CT molecular complexity index is 1070. The first-order chi connectivity index (χ1) is 14.9. The summed E-state index contributed by atoms with van der Waals surface area (Å²) in [6.07, 6.45) is 4.65. The minimum atomic E-state index is -3.60. The predicted molar refractivity (Wildman–Crippen MR) is 113 cm³/mol. The van der Waals surface area contributed by atoms with Crippen LogP contribution >= 0.6 is 0 Å². The first-order valence-corrected chi connectivity index (χ1v) is 11.6. The van der Waals surface area contributed by atoms with E-state index in [2.05, 4.69) is 10.3 Å². The summed E-state index contributed by atoms with van der Waals surface area (Å²) in [5.74, 6) is -0.243. The highest BCUT2D eigenvalue weighted by Crippen LogP contribution is 2.21. The van der Waals surface area contributed by atoms with E-state index in [0.717, 1.165) is 17.7 Å². The van der Waals surface area contributed by atoms with Gasteiger partial charge in [-0.2, -0.15) is 4.31 Å². The number of ether oxygens (including phenoxy) is 1. The number of nitrogens with one attached hydrogen (secondary N) is 1. The van der Waals surface area contributed by atoms with Crippen LogP contribution in [0.25, 0.3) is 0 Å². The highest BCUT2D eigenvalue weighted by molar-refractivity contribution is 7.89. The molecule has 0 unspecified atom stereocenters. The first-order valence-electron chi connectivity index (χ1n) is 10.2. The molecule has 10 heteroatoms. The maximum Gasteiger partial charge on any atom is 0.251 e. The van der Waals surface area contributed by atoms with Crippen LogP contribution in [-0.2, 0) is 26.1 Å². The normalized spacial score (nSPS) is 17.7. The summed E-state index contributed by atoms with van der Waals surface area (Å²) in [6, 6.07) is 7.73. The molecule has 2 fully saturated rings. The molecule has 1 aromatic heterocycles. The lowest BCUT2D eigenvalue weighted by molar-refractivity contribution is -0.117. The van der Waals surface area contributed by atoms with Crippen LogP contribution in [0.5, 0.6) is 0 Å². The number of carbonyl (C=O) groups excluding carboxylic acids is 2. The fourth-order valence-electron chi connectivity index (χ4n) is 3.64. The zero-order chi connectivity index (χ0) is 21.8. The van der Waals surface area contributed by atoms with Gasteiger partial charge in [-0.3, -0.25) is 14.6 Å². The molecule has 0 aliphatic carbocycles. The number of morpholine rings is 1. The maximum atomic E-state index is 12.7. The van der Waals surface area contributed by atoms with E-state index in [4.69, 9.17) is 4.74 Å². The summed E-state index contributed by atoms with van der Waals surface area (Å²) in [4.78, 5) is 30.4. The SMILES string of the molecule is O=C(NCc1cncc(N2CCCC2=O)c1)c1ccc(S(=O)(=O)N2CCOCC2)cc1. The Balaban J connectivity index is 1.39. The van der Waals surface area contributed by atoms with E-state index >= 15 is 0 Å². The van der Waals surface area contributed by atoms with Crippen molar-refractivity contribution in [1.29, 1.82) is 0 Å². The summed E-state index contributed by atoms with van der Waals surface area (Å²) in [7, 11) is -3.60. The third kappa shape index (κ3) is 4.76. The molecule has 3 heterocycles. The third-order valence-corrected chi connectivity index (χ3v) is 7.26. The highest BCUT2D eigenvalue weighted by atomic mass is 32.2. The van der Waals surface area contributed by atoms with Crippen LogP contribution in [0, 0.1) is 0 Å². The molecule has 9 nitrogen and oxygen atoms in total. The second-order valence-corrected chi connectivity index (χ2v) is 9.36. The Morgan fingerprint density at radius 1 is 1.10 bits per heavy atom. The van der Waals surface area contributed by atoms with Crippen LogP contribution < -0.4 is 10.2 Å². The van der Waals surface area contributed by atoms with Gasteiger partial charge in [-0.1, -0.05) is 0 Å². The molecule has 2 aromatic rings. The second-order valence-electron chi connectivity index (χ2n) is 7.42. The van der Waals surface area contributed by atoms with E-state index in [1.807, 2.05) is 6.07 Å². The van der Waals surface area contributed by atoms with Gasteiger partial charge in [0.1, 0.15) is 0 Å². The Morgan fingerprint density at radius 3 is 2.52 bits per heavy atom. The monoisotopic (exact) mass is 444 g/mol. The van der Waals surface area contributed by atoms with Gasteiger partial charge in [0.2, 0.25) is 15.9 Å². The van der Waals surface area contributed by atoms with E-state index in [9.17, 15) is 18.0 Å². The van der Waals surface area contributed by atoms with E-state index in [-0.39, 0.29) is 23.3 Å². The van der Waals surface area contributed by atoms with Crippen LogP contribution in [0.15, 0.2) is 47.6 Å². The molecule has 164 valence electrons. The number of benzene rings is 1. The molecule has 2 aliphatic rings. The van der Waals surface area contributed by atoms with Crippen molar-refractivity contribution in [3.05, 3.63) is 53.9 Å². The van der Waals surface area contributed by atoms with E-state index < -0.39 is 10.0 Å². The molecule has 0 radical (unpaired) electrons. The smallest absolute Gasteiger partial charge is 0.251 e. The molecule has 4 rings (SSSR count). The van der Waals surface area contributed by atoms with Gasteiger partial charge in [-0.05, 0) is 42.3 Å². The molecule has 2 amide bonds. The molecule has 0 atom stereocenters. The molecule has 0 bridgehead atoms. The molecular formula is C21H24N4O5S. The van der Waals surface area contributed by atoms with Gasteiger partial charge < -0.3 is 15.0 Å². The van der Waals surface area contributed by atoms with Crippen LogP contribution in [0.2, 0.25) is 0 Å². The molecule has 2 saturated heterocycles. The van der Waals surface area contributed by atoms with Crippen molar-refractivity contribution in [3.8, 4) is 0 Å². The number of anilines is 1. The van der Waals surface area contributed by atoms with Crippen molar-refractivity contribution < 1.29 is 22.7 Å². The molecule has 1 N–H and O–H groups in total. The van der Waals surface area contributed by atoms with Crippen LogP contribution in [-0.4, -0.2) is 62.4 Å². The van der Waals surface area contributed by atoms with Crippen LogP contribution in [0.1, 0.15) is 28.8 Å². The number of aromatic nitrogens is 1. The average Bonchev–Trinajstić information content (AvgIpc) is 3.24. The summed E-state index contributed by atoms with van der Waals surface area (Å²) in [5, 5.41) is 2.81. The lowest BCUT2D eigenvalue weighted by Crippen LogP contribution is -2.40. The Hall–Kier alpha value is -2.82. The number of sulfonamides is 1. The zero-order valence-corrected chi connectivity index (χ0v) is 17.8. The van der Waals surface area contributed by atoms with Gasteiger partial charge in [0.05, 0.1) is 30.0 Å². The van der Waals surface area contributed by atoms with Gasteiger partial charge in [-0.25, -0.2) is 8.42 Å². The van der Waals surface area contributed by atoms with Crippen LogP contribution in [0.3, 0.4) is 0 Å². The number of pyridine rings is 1. The number of nitrogens with zero attached hydrogens (tertiary/aromatic N) is 3. The quantitative estimate of drug-likeness (QED) is 0.716. The van der Waals surface area contributed by atoms with Gasteiger partial charge in [0.25, 0.3) is 5.91 Å². The largest absolute Gasteiger partial charge is 0.379 e. The number of carbonyl (C=O) groups is 2. The minimum Gasteiger partial charge on any atom is -0.379 e. The Labute approximate surface area is 181 Å². The van der Waals surface area contributed by atoms with E-state index in [1.54, 1.807) is 17.3 Å². The van der Waals surface area contributed by atoms with Crippen molar-refractivity contribution in [1.82, 2.24) is 14.6 Å². The van der Waals surface area contributed by atoms with Crippen molar-refractivity contribution in [2.24, 2.45) is 0 Å². The molecule has 2 aliphatic heterocycles. The molecule has 0 spiro atoms. The Kier molecular flexibility index (Phi) is 6.30. The minimum absolute atomic E-state index is 0.0788. The lowest BCUT2D eigenvalue weighted by atomic mass is 10.2. The van der Waals surface area contributed by atoms with Gasteiger partial charge in [0.15, 0.2) is 0 Å². The van der Waals surface area contributed by atoms with E-state index in [1.165, 1.54) is 28.6 Å². The van der Waals surface area contributed by atoms with Gasteiger partial charge in [0, 0.05) is 44.4 Å². The zero-order valence-electron chi connectivity index (χ0n) is 17.0. The predicted octanol–water partition coefficient (Wildman–Crippen LogP) is 1.16. The van der Waals surface area contributed by atoms with Crippen molar-refractivity contribution in [3.63, 3.8) is 0 Å². The van der Waals surface area contributed by atoms with Gasteiger partial charge >= 0.3 is 0 Å². The summed E-state index contributed by atoms with van der Waals surface area (Å²) < 4.78 is 31.9. The average molecular weight is 445 g/mol. The highest BCUT2D eigenvalue weighted by Gasteiger charge is 2.26. The second kappa shape index (κ2) is 9.13. The number of hydrogen-bond acceptors (Lipinski definition) is 6. The van der Waals surface area contributed by atoms with Crippen LogP contribution in [0.4, 0.5) is 5.69 Å². The van der Waals surface area contributed by atoms with E-state index in [0.29, 0.717) is 44.8 Å². The third-order valence-electron chi connectivity index (χ3n) is 5.34. The van der Waals surface area contributed by atoms with Crippen molar-refractivity contribution >= 4 is 27.5 Å². The number of amides is 2. The summed E-state index contributed by atoms with van der Waals surface area (Å²) in [6.45, 7) is 2.32. The molecule has 31 heavy (non-hydrogen) atoms. The lowest BCUT2D eigenvalue weighted by Gasteiger charge is -2.26. The summed E-state index contributed by atoms with van der Waals surface area (Å²) in [5.41, 5.74) is 1.86. The number of rotatable bonds is 6. The Morgan fingerprint density at radius 2 is 1.84 bits per heavy atom. The maximum absolute atomic E-state index is 12.7. The fourth-order valence-corrected chi connectivity index (χ4v) is 5.05. The molecule has 1 aromatic carbocycles. The van der Waals surface area contributed by atoms with Crippen molar-refractivity contribution in [2.75, 3.05) is 37.7 Å². The van der Waals surface area contributed by atoms with Crippen molar-refractivity contribution in [2.45, 2.75) is 24.3 Å². The molecular weight excluding hydrogens is 420 g/mol.